The van der Waals surface area contributed by atoms with Gasteiger partial charge in [0.25, 0.3) is 0 Å². The highest BCUT2D eigenvalue weighted by Gasteiger charge is 2.14. The van der Waals surface area contributed by atoms with Crippen LogP contribution >= 0.6 is 11.6 Å². The highest BCUT2D eigenvalue weighted by Crippen LogP contribution is 2.23. The SMILES string of the molecule is C=CCN(CCO)C(=O)Cc1c[nH]c2ccc(Cl)cc12. The van der Waals surface area contributed by atoms with E-state index in [1.165, 1.54) is 0 Å². The lowest BCUT2D eigenvalue weighted by atomic mass is 10.1. The minimum Gasteiger partial charge on any atom is -0.395 e. The van der Waals surface area contributed by atoms with Gasteiger partial charge in [-0.05, 0) is 23.8 Å². The van der Waals surface area contributed by atoms with Crippen LogP contribution in [-0.4, -0.2) is 40.6 Å². The van der Waals surface area contributed by atoms with Gasteiger partial charge in [-0.3, -0.25) is 4.79 Å². The normalized spacial score (nSPS) is 10.7. The Morgan fingerprint density at radius 1 is 1.50 bits per heavy atom. The summed E-state index contributed by atoms with van der Waals surface area (Å²) in [5.41, 5.74) is 1.86. The van der Waals surface area contributed by atoms with Gasteiger partial charge in [0.1, 0.15) is 0 Å². The van der Waals surface area contributed by atoms with Gasteiger partial charge in [0, 0.05) is 35.2 Å². The number of aromatic amines is 1. The summed E-state index contributed by atoms with van der Waals surface area (Å²) in [5.74, 6) is -0.0418. The van der Waals surface area contributed by atoms with Crippen molar-refractivity contribution in [3.05, 3.63) is 47.6 Å². The molecule has 0 saturated heterocycles. The zero-order chi connectivity index (χ0) is 14.5. The van der Waals surface area contributed by atoms with Crippen molar-refractivity contribution in [1.29, 1.82) is 0 Å². The van der Waals surface area contributed by atoms with Crippen molar-refractivity contribution in [2.75, 3.05) is 19.7 Å². The lowest BCUT2D eigenvalue weighted by molar-refractivity contribution is -0.130. The Morgan fingerprint density at radius 2 is 2.30 bits per heavy atom. The van der Waals surface area contributed by atoms with Gasteiger partial charge in [-0.15, -0.1) is 6.58 Å². The summed E-state index contributed by atoms with van der Waals surface area (Å²) in [7, 11) is 0. The maximum atomic E-state index is 12.2. The van der Waals surface area contributed by atoms with Gasteiger partial charge in [-0.2, -0.15) is 0 Å². The molecule has 2 N–H and O–H groups in total. The fraction of sp³-hybridized carbons (Fsp3) is 0.267. The molecule has 1 amide bonds. The molecule has 4 nitrogen and oxygen atoms in total. The number of amides is 1. The molecule has 0 fully saturated rings. The number of fused-ring (bicyclic) bond motifs is 1. The summed E-state index contributed by atoms with van der Waals surface area (Å²) in [5, 5.41) is 10.6. The van der Waals surface area contributed by atoms with E-state index in [1.54, 1.807) is 11.0 Å². The lowest BCUT2D eigenvalue weighted by Gasteiger charge is -2.19. The minimum absolute atomic E-state index is 0.0418. The van der Waals surface area contributed by atoms with Crippen LogP contribution in [0.25, 0.3) is 10.9 Å². The predicted octanol–water partition coefficient (Wildman–Crippen LogP) is 2.37. The first kappa shape index (κ1) is 14.6. The largest absolute Gasteiger partial charge is 0.395 e. The van der Waals surface area contributed by atoms with Crippen LogP contribution in [0.3, 0.4) is 0 Å². The molecule has 0 spiro atoms. The first-order chi connectivity index (χ1) is 9.65. The van der Waals surface area contributed by atoms with Gasteiger partial charge in [0.15, 0.2) is 0 Å². The number of hydrogen-bond donors (Lipinski definition) is 2. The Morgan fingerprint density at radius 3 is 3.00 bits per heavy atom. The van der Waals surface area contributed by atoms with Crippen LogP contribution in [0.15, 0.2) is 37.1 Å². The average molecular weight is 293 g/mol. The van der Waals surface area contributed by atoms with Gasteiger partial charge in [-0.1, -0.05) is 17.7 Å². The van der Waals surface area contributed by atoms with Crippen LogP contribution in [0.2, 0.25) is 5.02 Å². The monoisotopic (exact) mass is 292 g/mol. The molecule has 0 aliphatic carbocycles. The summed E-state index contributed by atoms with van der Waals surface area (Å²) in [6.07, 6.45) is 3.75. The number of rotatable bonds is 6. The molecule has 2 rings (SSSR count). The molecule has 20 heavy (non-hydrogen) atoms. The van der Waals surface area contributed by atoms with Crippen LogP contribution in [0.1, 0.15) is 5.56 Å². The van der Waals surface area contributed by atoms with Crippen molar-refractivity contribution in [2.24, 2.45) is 0 Å². The molecular weight excluding hydrogens is 276 g/mol. The van der Waals surface area contributed by atoms with E-state index in [0.717, 1.165) is 16.5 Å². The molecule has 0 aliphatic heterocycles. The van der Waals surface area contributed by atoms with E-state index in [0.29, 0.717) is 18.1 Å². The summed E-state index contributed by atoms with van der Waals surface area (Å²) in [6.45, 7) is 4.31. The Kier molecular flexibility index (Phi) is 4.82. The topological polar surface area (TPSA) is 56.3 Å². The van der Waals surface area contributed by atoms with Crippen LogP contribution in [0, 0.1) is 0 Å². The second-order valence-electron chi connectivity index (χ2n) is 4.53. The van der Waals surface area contributed by atoms with Gasteiger partial charge in [0.2, 0.25) is 5.91 Å². The van der Waals surface area contributed by atoms with E-state index in [1.807, 2.05) is 24.4 Å². The van der Waals surface area contributed by atoms with Crippen molar-refractivity contribution in [3.8, 4) is 0 Å². The number of aromatic nitrogens is 1. The predicted molar refractivity (Wildman–Crippen MR) is 80.9 cm³/mol. The minimum atomic E-state index is -0.0563. The molecule has 5 heteroatoms. The maximum Gasteiger partial charge on any atom is 0.227 e. The molecule has 0 aliphatic rings. The van der Waals surface area contributed by atoms with Gasteiger partial charge >= 0.3 is 0 Å². The lowest BCUT2D eigenvalue weighted by Crippen LogP contribution is -2.34. The van der Waals surface area contributed by atoms with Crippen LogP contribution in [-0.2, 0) is 11.2 Å². The van der Waals surface area contributed by atoms with Crippen LogP contribution < -0.4 is 0 Å². The Labute approximate surface area is 122 Å². The van der Waals surface area contributed by atoms with Crippen LogP contribution in [0.5, 0.6) is 0 Å². The molecule has 106 valence electrons. The number of carbonyl (C=O) groups excluding carboxylic acids is 1. The van der Waals surface area contributed by atoms with Crippen LogP contribution in [0.4, 0.5) is 0 Å². The highest BCUT2D eigenvalue weighted by molar-refractivity contribution is 6.31. The second kappa shape index (κ2) is 6.59. The smallest absolute Gasteiger partial charge is 0.227 e. The number of hydrogen-bond acceptors (Lipinski definition) is 2. The van der Waals surface area contributed by atoms with Crippen molar-refractivity contribution >= 4 is 28.4 Å². The van der Waals surface area contributed by atoms with E-state index in [9.17, 15) is 4.79 Å². The third-order valence-electron chi connectivity index (χ3n) is 3.14. The van der Waals surface area contributed by atoms with E-state index >= 15 is 0 Å². The van der Waals surface area contributed by atoms with E-state index in [4.69, 9.17) is 16.7 Å². The molecule has 1 aromatic heterocycles. The molecule has 0 radical (unpaired) electrons. The zero-order valence-electron chi connectivity index (χ0n) is 11.1. The van der Waals surface area contributed by atoms with Gasteiger partial charge in [0.05, 0.1) is 13.0 Å². The Hall–Kier alpha value is -1.78. The molecule has 0 bridgehead atoms. The number of halogens is 1. The van der Waals surface area contributed by atoms with Crippen molar-refractivity contribution in [3.63, 3.8) is 0 Å². The molecule has 0 saturated carbocycles. The van der Waals surface area contributed by atoms with Gasteiger partial charge in [-0.25, -0.2) is 0 Å². The molecule has 0 atom stereocenters. The molecular formula is C15H17ClN2O2. The quantitative estimate of drug-likeness (QED) is 0.803. The number of aliphatic hydroxyl groups is 1. The summed E-state index contributed by atoms with van der Waals surface area (Å²) in [6, 6.07) is 5.54. The van der Waals surface area contributed by atoms with E-state index in [2.05, 4.69) is 11.6 Å². The summed E-state index contributed by atoms with van der Waals surface area (Å²) >= 11 is 5.99. The highest BCUT2D eigenvalue weighted by atomic mass is 35.5. The van der Waals surface area contributed by atoms with Gasteiger partial charge < -0.3 is 15.0 Å². The summed E-state index contributed by atoms with van der Waals surface area (Å²) in [4.78, 5) is 16.9. The molecule has 2 aromatic rings. The molecule has 0 unspecified atom stereocenters. The summed E-state index contributed by atoms with van der Waals surface area (Å²) < 4.78 is 0. The van der Waals surface area contributed by atoms with E-state index in [-0.39, 0.29) is 18.9 Å². The first-order valence-electron chi connectivity index (χ1n) is 6.40. The third-order valence-corrected chi connectivity index (χ3v) is 3.38. The third kappa shape index (κ3) is 3.21. The number of carbonyl (C=O) groups is 1. The Bertz CT molecular complexity index is 621. The number of benzene rings is 1. The second-order valence-corrected chi connectivity index (χ2v) is 4.97. The number of H-pyrrole nitrogens is 1. The molecule has 1 heterocycles. The average Bonchev–Trinajstić information content (AvgIpc) is 2.81. The standard InChI is InChI=1S/C15H17ClN2O2/c1-2-5-18(6-7-19)15(20)8-11-10-17-14-4-3-12(16)9-13(11)14/h2-4,9-10,17,19H,1,5-8H2. The Balaban J connectivity index is 2.20. The number of aliphatic hydroxyl groups excluding tert-OH is 1. The van der Waals surface area contributed by atoms with Crippen molar-refractivity contribution in [1.82, 2.24) is 9.88 Å². The maximum absolute atomic E-state index is 12.2. The fourth-order valence-corrected chi connectivity index (χ4v) is 2.34. The number of nitrogens with zero attached hydrogens (tertiary/aromatic N) is 1. The fourth-order valence-electron chi connectivity index (χ4n) is 2.17. The number of nitrogens with one attached hydrogen (secondary N) is 1. The zero-order valence-corrected chi connectivity index (χ0v) is 11.9. The van der Waals surface area contributed by atoms with Crippen molar-refractivity contribution in [2.45, 2.75) is 6.42 Å². The van der Waals surface area contributed by atoms with Crippen molar-refractivity contribution < 1.29 is 9.90 Å². The first-order valence-corrected chi connectivity index (χ1v) is 6.78. The van der Waals surface area contributed by atoms with E-state index < -0.39 is 0 Å². The molecule has 1 aromatic carbocycles.